The van der Waals surface area contributed by atoms with Crippen molar-refractivity contribution in [2.75, 3.05) is 6.54 Å². The normalized spacial score (nSPS) is 28.0. The van der Waals surface area contributed by atoms with Gasteiger partial charge in [-0.1, -0.05) is 20.3 Å². The maximum atomic E-state index is 12.8. The van der Waals surface area contributed by atoms with Crippen molar-refractivity contribution in [2.45, 2.75) is 25.8 Å². The number of hydrogen-bond donors (Lipinski definition) is 0. The van der Waals surface area contributed by atoms with Crippen molar-refractivity contribution in [1.29, 1.82) is 0 Å². The monoisotopic (exact) mass is 159 g/mol. The molecule has 1 nitrogen and oxygen atoms in total. The van der Waals surface area contributed by atoms with E-state index in [-0.39, 0.29) is 12.5 Å². The number of halogens is 2. The molecule has 1 saturated heterocycles. The van der Waals surface area contributed by atoms with Crippen LogP contribution in [0.4, 0.5) is 8.78 Å². The van der Waals surface area contributed by atoms with Gasteiger partial charge in [-0.25, -0.2) is 8.78 Å². The van der Waals surface area contributed by atoms with Crippen molar-refractivity contribution in [2.24, 2.45) is 5.92 Å². The summed E-state index contributed by atoms with van der Waals surface area (Å²) in [6.45, 7) is 3.22. The van der Waals surface area contributed by atoms with E-state index < -0.39 is 12.0 Å². The number of rotatable bonds is 1. The van der Waals surface area contributed by atoms with E-state index in [1.54, 1.807) is 13.8 Å². The van der Waals surface area contributed by atoms with E-state index in [1.807, 2.05) is 0 Å². The first-order valence-electron chi connectivity index (χ1n) is 3.59. The molecule has 0 radical (unpaired) electrons. The van der Waals surface area contributed by atoms with Gasteiger partial charge in [0, 0.05) is 6.04 Å². The summed E-state index contributed by atoms with van der Waals surface area (Å²) in [5.74, 6) is -2.67. The van der Waals surface area contributed by atoms with E-state index in [0.717, 1.165) is 0 Å². The Morgan fingerprint density at radius 3 is 2.36 bits per heavy atom. The van der Waals surface area contributed by atoms with Crippen molar-refractivity contribution in [1.82, 2.24) is 4.90 Å². The predicted molar refractivity (Wildman–Crippen MR) is 39.1 cm³/mol. The molecule has 62 valence electrons. The summed E-state index contributed by atoms with van der Waals surface area (Å²) in [7, 11) is 0. The van der Waals surface area contributed by atoms with Crippen molar-refractivity contribution in [3.05, 3.63) is 0 Å². The molecule has 0 spiro atoms. The Labute approximate surface area is 65.4 Å². The standard InChI is InChI=1S/C8H11F2N/c1-4-11-5-8(9,10)7(11)6(2)3/h1,6-7H,5H2,2-3H3. The van der Waals surface area contributed by atoms with Crippen LogP contribution in [0.5, 0.6) is 0 Å². The highest BCUT2D eigenvalue weighted by Gasteiger charge is 2.55. The second-order valence-electron chi connectivity index (χ2n) is 3.21. The number of nitrogens with zero attached hydrogens (tertiary/aromatic N) is 1. The molecule has 0 N–H and O–H groups in total. The van der Waals surface area contributed by atoms with Crippen LogP contribution in [0.25, 0.3) is 0 Å². The van der Waals surface area contributed by atoms with Crippen LogP contribution < -0.4 is 0 Å². The Morgan fingerprint density at radius 1 is 1.64 bits per heavy atom. The second-order valence-corrected chi connectivity index (χ2v) is 3.21. The van der Waals surface area contributed by atoms with Crippen LogP contribution in [-0.2, 0) is 0 Å². The van der Waals surface area contributed by atoms with E-state index in [4.69, 9.17) is 6.42 Å². The van der Waals surface area contributed by atoms with Gasteiger partial charge >= 0.3 is 0 Å². The Hall–Kier alpha value is -0.780. The van der Waals surface area contributed by atoms with Crippen LogP contribution in [0.3, 0.4) is 0 Å². The Bertz CT molecular complexity index is 193. The molecule has 0 saturated carbocycles. The summed E-state index contributed by atoms with van der Waals surface area (Å²) < 4.78 is 25.5. The molecule has 0 bridgehead atoms. The number of terminal acetylenes is 1. The van der Waals surface area contributed by atoms with E-state index in [9.17, 15) is 8.78 Å². The van der Waals surface area contributed by atoms with Crippen LogP contribution in [0.15, 0.2) is 0 Å². The SMILES string of the molecule is C#CN1CC(F)(F)C1C(C)C. The molecule has 1 rings (SSSR count). The highest BCUT2D eigenvalue weighted by Crippen LogP contribution is 2.38. The summed E-state index contributed by atoms with van der Waals surface area (Å²) >= 11 is 0. The summed E-state index contributed by atoms with van der Waals surface area (Å²) in [6, 6.07) is 1.48. The summed E-state index contributed by atoms with van der Waals surface area (Å²) in [4.78, 5) is 1.35. The largest absolute Gasteiger partial charge is 0.317 e. The fourth-order valence-electron chi connectivity index (χ4n) is 1.51. The zero-order chi connectivity index (χ0) is 8.65. The van der Waals surface area contributed by atoms with Crippen LogP contribution in [0.2, 0.25) is 0 Å². The lowest BCUT2D eigenvalue weighted by atomic mass is 9.89. The molecule has 1 atom stereocenters. The highest BCUT2D eigenvalue weighted by atomic mass is 19.3. The lowest BCUT2D eigenvalue weighted by Gasteiger charge is -2.47. The molecular weight excluding hydrogens is 148 g/mol. The third-order valence-electron chi connectivity index (χ3n) is 1.95. The third kappa shape index (κ3) is 1.18. The number of likely N-dealkylation sites (tertiary alicyclic amines) is 1. The van der Waals surface area contributed by atoms with Crippen LogP contribution in [0, 0.1) is 18.4 Å². The van der Waals surface area contributed by atoms with Gasteiger partial charge in [0.15, 0.2) is 0 Å². The van der Waals surface area contributed by atoms with Gasteiger partial charge in [0.2, 0.25) is 0 Å². The molecule has 11 heavy (non-hydrogen) atoms. The molecule has 0 aromatic heterocycles. The third-order valence-corrected chi connectivity index (χ3v) is 1.95. The molecule has 0 aromatic rings. The van der Waals surface area contributed by atoms with Crippen LogP contribution in [-0.4, -0.2) is 23.4 Å². The summed E-state index contributed by atoms with van der Waals surface area (Å²) in [5, 5.41) is 0. The average Bonchev–Trinajstić information content (AvgIpc) is 1.81. The molecule has 1 aliphatic heterocycles. The Kier molecular flexibility index (Phi) is 1.79. The molecular formula is C8H11F2N. The smallest absolute Gasteiger partial charge is 0.286 e. The molecule has 1 aliphatic rings. The maximum absolute atomic E-state index is 12.8. The minimum Gasteiger partial charge on any atom is -0.317 e. The minimum atomic E-state index is -2.58. The van der Waals surface area contributed by atoms with Crippen molar-refractivity contribution < 1.29 is 8.78 Å². The van der Waals surface area contributed by atoms with Gasteiger partial charge in [-0.05, 0) is 5.92 Å². The Balaban J connectivity index is 2.66. The van der Waals surface area contributed by atoms with Crippen molar-refractivity contribution in [3.8, 4) is 12.5 Å². The number of alkyl halides is 2. The van der Waals surface area contributed by atoms with Gasteiger partial charge in [-0.2, -0.15) is 0 Å². The predicted octanol–water partition coefficient (Wildman–Crippen LogP) is 1.55. The van der Waals surface area contributed by atoms with Crippen molar-refractivity contribution in [3.63, 3.8) is 0 Å². The number of hydrogen-bond acceptors (Lipinski definition) is 1. The maximum Gasteiger partial charge on any atom is 0.286 e. The van der Waals surface area contributed by atoms with Gasteiger partial charge in [-0.15, -0.1) is 0 Å². The molecule has 0 aromatic carbocycles. The van der Waals surface area contributed by atoms with Gasteiger partial charge in [0.05, 0.1) is 6.54 Å². The van der Waals surface area contributed by atoms with E-state index in [1.165, 1.54) is 4.90 Å². The Morgan fingerprint density at radius 2 is 2.18 bits per heavy atom. The quantitative estimate of drug-likeness (QED) is 0.525. The fraction of sp³-hybridized carbons (Fsp3) is 0.750. The van der Waals surface area contributed by atoms with Crippen LogP contribution >= 0.6 is 0 Å². The van der Waals surface area contributed by atoms with Gasteiger partial charge in [0.25, 0.3) is 5.92 Å². The first kappa shape index (κ1) is 8.32. The molecule has 3 heteroatoms. The second kappa shape index (κ2) is 2.37. The van der Waals surface area contributed by atoms with E-state index in [2.05, 4.69) is 6.04 Å². The fourth-order valence-corrected chi connectivity index (χ4v) is 1.51. The first-order chi connectivity index (χ1) is 4.99. The zero-order valence-corrected chi connectivity index (χ0v) is 6.64. The van der Waals surface area contributed by atoms with E-state index in [0.29, 0.717) is 0 Å². The molecule has 1 heterocycles. The summed E-state index contributed by atoms with van der Waals surface area (Å²) in [6.07, 6.45) is 5.03. The average molecular weight is 159 g/mol. The lowest BCUT2D eigenvalue weighted by molar-refractivity contribution is -0.173. The minimum absolute atomic E-state index is 0.0881. The van der Waals surface area contributed by atoms with Gasteiger partial charge in [-0.3, -0.25) is 0 Å². The molecule has 1 fully saturated rings. The summed E-state index contributed by atoms with van der Waals surface area (Å²) in [5.41, 5.74) is 0. The zero-order valence-electron chi connectivity index (χ0n) is 6.64. The molecule has 1 unspecified atom stereocenters. The van der Waals surface area contributed by atoms with Gasteiger partial charge < -0.3 is 4.90 Å². The topological polar surface area (TPSA) is 3.24 Å². The van der Waals surface area contributed by atoms with E-state index >= 15 is 0 Å². The molecule has 0 aliphatic carbocycles. The van der Waals surface area contributed by atoms with Crippen molar-refractivity contribution >= 4 is 0 Å². The molecule has 0 amide bonds. The lowest BCUT2D eigenvalue weighted by Crippen LogP contribution is -2.65. The van der Waals surface area contributed by atoms with Crippen LogP contribution in [0.1, 0.15) is 13.8 Å². The first-order valence-corrected chi connectivity index (χ1v) is 3.59. The highest BCUT2D eigenvalue weighted by molar-refractivity contribution is 5.08. The van der Waals surface area contributed by atoms with Gasteiger partial charge in [0.1, 0.15) is 6.04 Å².